The number of nitrogens with one attached hydrogen (secondary N) is 1. The summed E-state index contributed by atoms with van der Waals surface area (Å²) in [5.41, 5.74) is 1.63. The number of anilines is 1. The number of aromatic nitrogens is 1. The minimum atomic E-state index is -0.200. The van der Waals surface area contributed by atoms with Gasteiger partial charge in [-0.2, -0.15) is 0 Å². The van der Waals surface area contributed by atoms with E-state index in [-0.39, 0.29) is 12.5 Å². The lowest BCUT2D eigenvalue weighted by Gasteiger charge is -2.08. The van der Waals surface area contributed by atoms with Gasteiger partial charge in [0.05, 0.1) is 5.52 Å². The lowest BCUT2D eigenvalue weighted by Crippen LogP contribution is -2.20. The van der Waals surface area contributed by atoms with Crippen molar-refractivity contribution in [2.75, 3.05) is 11.9 Å². The Labute approximate surface area is 136 Å². The number of carbonyl (C=O) groups is 1. The fourth-order valence-electron chi connectivity index (χ4n) is 2.02. The van der Waals surface area contributed by atoms with Crippen molar-refractivity contribution >= 4 is 38.4 Å². The van der Waals surface area contributed by atoms with Crippen molar-refractivity contribution in [3.05, 3.63) is 65.3 Å². The Balaban J connectivity index is 1.60. The minimum Gasteiger partial charge on any atom is -0.484 e. The molecule has 5 heteroatoms. The van der Waals surface area contributed by atoms with Gasteiger partial charge in [-0.1, -0.05) is 22.0 Å². The Hall–Kier alpha value is -2.40. The molecule has 4 nitrogen and oxygen atoms in total. The van der Waals surface area contributed by atoms with Crippen molar-refractivity contribution in [1.29, 1.82) is 0 Å². The summed E-state index contributed by atoms with van der Waals surface area (Å²) in [5.74, 6) is 0.445. The number of nitrogens with zero attached hydrogens (tertiary/aromatic N) is 1. The van der Waals surface area contributed by atoms with Crippen LogP contribution in [0.4, 0.5) is 5.69 Å². The molecule has 0 bridgehead atoms. The number of ether oxygens (including phenoxy) is 1. The van der Waals surface area contributed by atoms with Crippen molar-refractivity contribution in [2.45, 2.75) is 0 Å². The average Bonchev–Trinajstić information content (AvgIpc) is 2.55. The molecule has 0 aliphatic heterocycles. The maximum Gasteiger partial charge on any atom is 0.262 e. The molecule has 0 unspecified atom stereocenters. The highest BCUT2D eigenvalue weighted by Crippen LogP contribution is 2.19. The van der Waals surface area contributed by atoms with Crippen LogP contribution in [0.5, 0.6) is 5.75 Å². The number of pyridine rings is 1. The zero-order chi connectivity index (χ0) is 15.4. The standard InChI is InChI=1S/C17H13BrN2O2/c18-13-3-5-14(6-4-13)20-17(21)11-22-15-7-8-16-12(10-15)2-1-9-19-16/h1-10H,11H2,(H,20,21). The van der Waals surface area contributed by atoms with Crippen LogP contribution >= 0.6 is 15.9 Å². The van der Waals surface area contributed by atoms with E-state index in [4.69, 9.17) is 4.74 Å². The number of halogens is 1. The maximum atomic E-state index is 11.9. The van der Waals surface area contributed by atoms with Gasteiger partial charge in [-0.15, -0.1) is 0 Å². The van der Waals surface area contributed by atoms with E-state index in [0.717, 1.165) is 21.1 Å². The fourth-order valence-corrected chi connectivity index (χ4v) is 2.29. The van der Waals surface area contributed by atoms with Gasteiger partial charge < -0.3 is 10.1 Å². The fraction of sp³-hybridized carbons (Fsp3) is 0.0588. The third kappa shape index (κ3) is 3.62. The van der Waals surface area contributed by atoms with E-state index in [9.17, 15) is 4.79 Å². The number of amides is 1. The first-order valence-electron chi connectivity index (χ1n) is 6.74. The lowest BCUT2D eigenvalue weighted by molar-refractivity contribution is -0.118. The Morgan fingerprint density at radius 2 is 1.95 bits per heavy atom. The van der Waals surface area contributed by atoms with Crippen LogP contribution in [0.2, 0.25) is 0 Å². The van der Waals surface area contributed by atoms with E-state index in [1.54, 1.807) is 6.20 Å². The van der Waals surface area contributed by atoms with Crippen LogP contribution in [0, 0.1) is 0 Å². The van der Waals surface area contributed by atoms with Gasteiger partial charge in [-0.25, -0.2) is 0 Å². The Kier molecular flexibility index (Phi) is 4.34. The zero-order valence-electron chi connectivity index (χ0n) is 11.6. The van der Waals surface area contributed by atoms with Crippen LogP contribution in [0.15, 0.2) is 65.3 Å². The minimum absolute atomic E-state index is 0.0398. The molecule has 0 spiro atoms. The molecule has 22 heavy (non-hydrogen) atoms. The second-order valence-corrected chi connectivity index (χ2v) is 5.62. The summed E-state index contributed by atoms with van der Waals surface area (Å²) in [6.07, 6.45) is 1.74. The van der Waals surface area contributed by atoms with Gasteiger partial charge in [0.1, 0.15) is 5.75 Å². The second-order valence-electron chi connectivity index (χ2n) is 4.70. The van der Waals surface area contributed by atoms with E-state index >= 15 is 0 Å². The monoisotopic (exact) mass is 356 g/mol. The summed E-state index contributed by atoms with van der Waals surface area (Å²) in [7, 11) is 0. The van der Waals surface area contributed by atoms with Gasteiger partial charge in [0, 0.05) is 21.7 Å². The van der Waals surface area contributed by atoms with Crippen molar-refractivity contribution < 1.29 is 9.53 Å². The van der Waals surface area contributed by atoms with Crippen LogP contribution in [0.3, 0.4) is 0 Å². The smallest absolute Gasteiger partial charge is 0.262 e. The lowest BCUT2D eigenvalue weighted by atomic mass is 10.2. The first kappa shape index (κ1) is 14.5. The van der Waals surface area contributed by atoms with Crippen molar-refractivity contribution in [3.63, 3.8) is 0 Å². The number of carbonyl (C=O) groups excluding carboxylic acids is 1. The highest BCUT2D eigenvalue weighted by molar-refractivity contribution is 9.10. The molecule has 1 aromatic heterocycles. The predicted octanol–water partition coefficient (Wildman–Crippen LogP) is 4.01. The maximum absolute atomic E-state index is 11.9. The molecule has 1 heterocycles. The van der Waals surface area contributed by atoms with E-state index in [0.29, 0.717) is 5.75 Å². The van der Waals surface area contributed by atoms with Crippen molar-refractivity contribution in [1.82, 2.24) is 4.98 Å². The van der Waals surface area contributed by atoms with Crippen LogP contribution in [0.1, 0.15) is 0 Å². The third-order valence-corrected chi connectivity index (χ3v) is 3.60. The zero-order valence-corrected chi connectivity index (χ0v) is 13.2. The number of hydrogen-bond donors (Lipinski definition) is 1. The van der Waals surface area contributed by atoms with Crippen LogP contribution < -0.4 is 10.1 Å². The highest BCUT2D eigenvalue weighted by Gasteiger charge is 2.04. The number of benzene rings is 2. The summed E-state index contributed by atoms with van der Waals surface area (Å²) in [6.45, 7) is -0.0398. The average molecular weight is 357 g/mol. The molecule has 0 atom stereocenters. The molecule has 2 aromatic carbocycles. The molecule has 1 amide bonds. The van der Waals surface area contributed by atoms with E-state index in [1.165, 1.54) is 0 Å². The van der Waals surface area contributed by atoms with Crippen molar-refractivity contribution in [3.8, 4) is 5.75 Å². The third-order valence-electron chi connectivity index (χ3n) is 3.07. The van der Waals surface area contributed by atoms with E-state index in [2.05, 4.69) is 26.2 Å². The Morgan fingerprint density at radius 3 is 2.77 bits per heavy atom. The molecule has 0 aliphatic carbocycles. The summed E-state index contributed by atoms with van der Waals surface area (Å²) in [5, 5.41) is 3.76. The first-order chi connectivity index (χ1) is 10.7. The van der Waals surface area contributed by atoms with Crippen LogP contribution in [-0.2, 0) is 4.79 Å². The molecular weight excluding hydrogens is 344 g/mol. The highest BCUT2D eigenvalue weighted by atomic mass is 79.9. The molecule has 3 aromatic rings. The molecule has 0 radical (unpaired) electrons. The Bertz CT molecular complexity index is 803. The molecule has 3 rings (SSSR count). The van der Waals surface area contributed by atoms with Gasteiger partial charge in [0.2, 0.25) is 0 Å². The van der Waals surface area contributed by atoms with E-state index < -0.39 is 0 Å². The largest absolute Gasteiger partial charge is 0.484 e. The van der Waals surface area contributed by atoms with E-state index in [1.807, 2.05) is 54.6 Å². The summed E-state index contributed by atoms with van der Waals surface area (Å²) in [6, 6.07) is 16.8. The summed E-state index contributed by atoms with van der Waals surface area (Å²) >= 11 is 3.35. The normalized spacial score (nSPS) is 10.4. The van der Waals surface area contributed by atoms with Gasteiger partial charge in [-0.3, -0.25) is 9.78 Å². The quantitative estimate of drug-likeness (QED) is 0.768. The SMILES string of the molecule is O=C(COc1ccc2ncccc2c1)Nc1ccc(Br)cc1. The first-order valence-corrected chi connectivity index (χ1v) is 7.53. The number of hydrogen-bond acceptors (Lipinski definition) is 3. The van der Waals surface area contributed by atoms with Crippen LogP contribution in [0.25, 0.3) is 10.9 Å². The Morgan fingerprint density at radius 1 is 1.14 bits per heavy atom. The predicted molar refractivity (Wildman–Crippen MR) is 90.0 cm³/mol. The molecular formula is C17H13BrN2O2. The second kappa shape index (κ2) is 6.58. The molecule has 0 aliphatic rings. The summed E-state index contributed by atoms with van der Waals surface area (Å²) in [4.78, 5) is 16.1. The topological polar surface area (TPSA) is 51.2 Å². The van der Waals surface area contributed by atoms with Gasteiger partial charge in [0.15, 0.2) is 6.61 Å². The van der Waals surface area contributed by atoms with Gasteiger partial charge >= 0.3 is 0 Å². The number of fused-ring (bicyclic) bond motifs is 1. The molecule has 0 fully saturated rings. The molecule has 0 saturated carbocycles. The summed E-state index contributed by atoms with van der Waals surface area (Å²) < 4.78 is 6.49. The number of rotatable bonds is 4. The molecule has 0 saturated heterocycles. The molecule has 1 N–H and O–H groups in total. The molecule has 110 valence electrons. The van der Waals surface area contributed by atoms with Crippen LogP contribution in [-0.4, -0.2) is 17.5 Å². The van der Waals surface area contributed by atoms with Crippen molar-refractivity contribution in [2.24, 2.45) is 0 Å². The van der Waals surface area contributed by atoms with Gasteiger partial charge in [-0.05, 0) is 48.5 Å². The van der Waals surface area contributed by atoms with Gasteiger partial charge in [0.25, 0.3) is 5.91 Å².